The normalized spacial score (nSPS) is 27.9. The maximum atomic E-state index is 3.75. The highest BCUT2D eigenvalue weighted by atomic mass is 15.3. The van der Waals surface area contributed by atoms with E-state index >= 15 is 0 Å². The number of benzene rings is 1. The Morgan fingerprint density at radius 3 is 2.60 bits per heavy atom. The minimum Gasteiger partial charge on any atom is -0.307 e. The Kier molecular flexibility index (Phi) is 5.22. The predicted molar refractivity (Wildman–Crippen MR) is 86.9 cm³/mol. The molecule has 2 atom stereocenters. The molecule has 20 heavy (non-hydrogen) atoms. The van der Waals surface area contributed by atoms with Gasteiger partial charge in [0.25, 0.3) is 0 Å². The van der Waals surface area contributed by atoms with E-state index in [2.05, 4.69) is 68.2 Å². The summed E-state index contributed by atoms with van der Waals surface area (Å²) in [7, 11) is 0. The molecule has 2 nitrogen and oxygen atoms in total. The van der Waals surface area contributed by atoms with Gasteiger partial charge in [-0.3, -0.25) is 4.90 Å². The van der Waals surface area contributed by atoms with E-state index < -0.39 is 0 Å². The van der Waals surface area contributed by atoms with E-state index in [1.165, 1.54) is 24.9 Å². The summed E-state index contributed by atoms with van der Waals surface area (Å²) in [5.74, 6) is 0.779. The van der Waals surface area contributed by atoms with Gasteiger partial charge in [0.05, 0.1) is 0 Å². The lowest BCUT2D eigenvalue weighted by Gasteiger charge is -2.48. The van der Waals surface area contributed by atoms with E-state index in [1.54, 1.807) is 0 Å². The third-order valence-corrected chi connectivity index (χ3v) is 4.84. The van der Waals surface area contributed by atoms with Crippen molar-refractivity contribution in [3.05, 3.63) is 35.9 Å². The largest absolute Gasteiger partial charge is 0.307 e. The van der Waals surface area contributed by atoms with Crippen molar-refractivity contribution in [2.75, 3.05) is 19.6 Å². The Morgan fingerprint density at radius 1 is 1.30 bits per heavy atom. The van der Waals surface area contributed by atoms with Gasteiger partial charge < -0.3 is 5.32 Å². The average Bonchev–Trinajstić information content (AvgIpc) is 2.47. The van der Waals surface area contributed by atoms with Gasteiger partial charge in [0.15, 0.2) is 0 Å². The average molecular weight is 274 g/mol. The highest BCUT2D eigenvalue weighted by molar-refractivity contribution is 5.20. The second-order valence-corrected chi connectivity index (χ2v) is 6.82. The van der Waals surface area contributed by atoms with Crippen molar-refractivity contribution in [1.82, 2.24) is 10.2 Å². The third kappa shape index (κ3) is 3.62. The fourth-order valence-corrected chi connectivity index (χ4v) is 2.99. The number of hydrogen-bond donors (Lipinski definition) is 1. The van der Waals surface area contributed by atoms with Crippen molar-refractivity contribution in [3.8, 4) is 0 Å². The molecule has 2 heteroatoms. The van der Waals surface area contributed by atoms with Crippen LogP contribution in [0, 0.1) is 5.92 Å². The maximum Gasteiger partial charge on any atom is 0.0450 e. The number of piperazine rings is 1. The zero-order valence-corrected chi connectivity index (χ0v) is 13.5. The Morgan fingerprint density at radius 2 is 2.00 bits per heavy atom. The zero-order valence-electron chi connectivity index (χ0n) is 13.5. The first kappa shape index (κ1) is 15.5. The lowest BCUT2D eigenvalue weighted by molar-refractivity contribution is 0.0447. The van der Waals surface area contributed by atoms with Crippen LogP contribution < -0.4 is 5.32 Å². The number of nitrogens with zero attached hydrogens (tertiary/aromatic N) is 1. The Bertz CT molecular complexity index is 401. The summed E-state index contributed by atoms with van der Waals surface area (Å²) in [5, 5.41) is 3.75. The van der Waals surface area contributed by atoms with Crippen LogP contribution in [0.5, 0.6) is 0 Å². The summed E-state index contributed by atoms with van der Waals surface area (Å²) in [6, 6.07) is 11.3. The summed E-state index contributed by atoms with van der Waals surface area (Å²) in [6.07, 6.45) is 2.50. The van der Waals surface area contributed by atoms with Crippen LogP contribution in [0.15, 0.2) is 30.3 Å². The molecule has 0 aliphatic carbocycles. The highest BCUT2D eigenvalue weighted by Crippen LogP contribution is 2.28. The van der Waals surface area contributed by atoms with E-state index in [0.29, 0.717) is 11.6 Å². The predicted octanol–water partition coefficient (Wildman–Crippen LogP) is 3.85. The van der Waals surface area contributed by atoms with Crippen molar-refractivity contribution in [3.63, 3.8) is 0 Å². The van der Waals surface area contributed by atoms with Crippen LogP contribution >= 0.6 is 0 Å². The fraction of sp³-hybridized carbons (Fsp3) is 0.667. The van der Waals surface area contributed by atoms with Crippen molar-refractivity contribution < 1.29 is 0 Å². The summed E-state index contributed by atoms with van der Waals surface area (Å²) in [6.45, 7) is 12.8. The van der Waals surface area contributed by atoms with Crippen LogP contribution in [-0.4, -0.2) is 30.1 Å². The summed E-state index contributed by atoms with van der Waals surface area (Å²) in [4.78, 5) is 2.71. The molecule has 1 saturated heterocycles. The Labute approximate surface area is 124 Å². The molecule has 1 N–H and O–H groups in total. The molecule has 2 rings (SSSR count). The standard InChI is InChI=1S/C18H30N2/c1-5-18(4)14-19-17(16-9-7-6-8-10-16)13-20(18)12-11-15(2)3/h6-10,15,17,19H,5,11-14H2,1-4H3. The Hall–Kier alpha value is -0.860. The third-order valence-electron chi connectivity index (χ3n) is 4.84. The van der Waals surface area contributed by atoms with Gasteiger partial charge in [0.2, 0.25) is 0 Å². The van der Waals surface area contributed by atoms with Crippen LogP contribution in [0.3, 0.4) is 0 Å². The molecule has 0 saturated carbocycles. The van der Waals surface area contributed by atoms with Gasteiger partial charge in [-0.05, 0) is 37.8 Å². The van der Waals surface area contributed by atoms with Gasteiger partial charge in [0, 0.05) is 24.7 Å². The molecular formula is C18H30N2. The molecule has 1 aliphatic heterocycles. The van der Waals surface area contributed by atoms with Gasteiger partial charge in [-0.15, -0.1) is 0 Å². The van der Waals surface area contributed by atoms with Crippen LogP contribution in [0.2, 0.25) is 0 Å². The zero-order chi connectivity index (χ0) is 14.6. The number of nitrogens with one attached hydrogen (secondary N) is 1. The number of hydrogen-bond acceptors (Lipinski definition) is 2. The molecule has 0 spiro atoms. The molecule has 1 aliphatic rings. The monoisotopic (exact) mass is 274 g/mol. The highest BCUT2D eigenvalue weighted by Gasteiger charge is 2.36. The number of rotatable bonds is 5. The molecule has 0 bridgehead atoms. The van der Waals surface area contributed by atoms with Gasteiger partial charge in [-0.2, -0.15) is 0 Å². The van der Waals surface area contributed by atoms with E-state index in [9.17, 15) is 0 Å². The molecule has 0 radical (unpaired) electrons. The molecule has 1 fully saturated rings. The molecule has 1 aromatic rings. The molecule has 0 aromatic heterocycles. The first-order chi connectivity index (χ1) is 9.55. The fourth-order valence-electron chi connectivity index (χ4n) is 2.99. The van der Waals surface area contributed by atoms with E-state index in [4.69, 9.17) is 0 Å². The molecule has 0 amide bonds. The minimum atomic E-state index is 0.306. The van der Waals surface area contributed by atoms with Crippen molar-refractivity contribution in [2.24, 2.45) is 5.92 Å². The smallest absolute Gasteiger partial charge is 0.0450 e. The van der Waals surface area contributed by atoms with Crippen LogP contribution in [0.1, 0.15) is 52.1 Å². The van der Waals surface area contributed by atoms with Crippen molar-refractivity contribution in [1.29, 1.82) is 0 Å². The maximum absolute atomic E-state index is 3.75. The van der Waals surface area contributed by atoms with Gasteiger partial charge >= 0.3 is 0 Å². The van der Waals surface area contributed by atoms with Gasteiger partial charge in [-0.1, -0.05) is 51.1 Å². The van der Waals surface area contributed by atoms with Crippen LogP contribution in [0.4, 0.5) is 0 Å². The minimum absolute atomic E-state index is 0.306. The second kappa shape index (κ2) is 6.73. The summed E-state index contributed by atoms with van der Waals surface area (Å²) in [5.41, 5.74) is 1.72. The first-order valence-electron chi connectivity index (χ1n) is 8.08. The summed E-state index contributed by atoms with van der Waals surface area (Å²) >= 11 is 0. The van der Waals surface area contributed by atoms with Crippen LogP contribution in [-0.2, 0) is 0 Å². The van der Waals surface area contributed by atoms with E-state index in [0.717, 1.165) is 19.0 Å². The van der Waals surface area contributed by atoms with Gasteiger partial charge in [0.1, 0.15) is 0 Å². The Balaban J connectivity index is 2.07. The quantitative estimate of drug-likeness (QED) is 0.877. The van der Waals surface area contributed by atoms with E-state index in [-0.39, 0.29) is 0 Å². The first-order valence-corrected chi connectivity index (χ1v) is 8.08. The van der Waals surface area contributed by atoms with E-state index in [1.807, 2.05) is 0 Å². The molecular weight excluding hydrogens is 244 g/mol. The molecule has 1 heterocycles. The summed E-state index contributed by atoms with van der Waals surface area (Å²) < 4.78 is 0. The van der Waals surface area contributed by atoms with Crippen LogP contribution in [0.25, 0.3) is 0 Å². The molecule has 2 unspecified atom stereocenters. The lowest BCUT2D eigenvalue weighted by Crippen LogP contribution is -2.60. The second-order valence-electron chi connectivity index (χ2n) is 6.82. The van der Waals surface area contributed by atoms with Crippen molar-refractivity contribution >= 4 is 0 Å². The SMILES string of the molecule is CCC1(C)CNC(c2ccccc2)CN1CCC(C)C. The van der Waals surface area contributed by atoms with Crippen molar-refractivity contribution in [2.45, 2.75) is 52.1 Å². The molecule has 112 valence electrons. The van der Waals surface area contributed by atoms with Gasteiger partial charge in [-0.25, -0.2) is 0 Å². The molecule has 1 aromatic carbocycles. The topological polar surface area (TPSA) is 15.3 Å². The lowest BCUT2D eigenvalue weighted by atomic mass is 9.89.